The zero-order chi connectivity index (χ0) is 11.5. The lowest BCUT2D eigenvalue weighted by molar-refractivity contribution is -0.127. The molecule has 0 aromatic rings. The fourth-order valence-electron chi connectivity index (χ4n) is 1.94. The van der Waals surface area contributed by atoms with Gasteiger partial charge in [-0.1, -0.05) is 20.3 Å². The van der Waals surface area contributed by atoms with Gasteiger partial charge >= 0.3 is 0 Å². The van der Waals surface area contributed by atoms with Crippen LogP contribution < -0.4 is 11.1 Å². The van der Waals surface area contributed by atoms with Gasteiger partial charge in [-0.05, 0) is 38.5 Å². The number of hydrogen-bond acceptors (Lipinski definition) is 2. The summed E-state index contributed by atoms with van der Waals surface area (Å²) < 4.78 is 0. The highest BCUT2D eigenvalue weighted by Crippen LogP contribution is 2.38. The normalized spacial score (nSPS) is 21.9. The van der Waals surface area contributed by atoms with Crippen molar-refractivity contribution in [3.63, 3.8) is 0 Å². The van der Waals surface area contributed by atoms with Gasteiger partial charge in [-0.3, -0.25) is 4.79 Å². The number of carbonyl (C=O) groups is 1. The zero-order valence-electron chi connectivity index (χ0n) is 10.2. The van der Waals surface area contributed by atoms with Crippen LogP contribution in [0.5, 0.6) is 0 Å². The lowest BCUT2D eigenvalue weighted by Crippen LogP contribution is -2.55. The Bertz CT molecular complexity index is 222. The molecule has 0 aliphatic heterocycles. The molecular weight excluding hydrogens is 188 g/mol. The molecule has 1 rings (SSSR count). The third-order valence-corrected chi connectivity index (χ3v) is 3.38. The standard InChI is InChI=1S/C12H24N2O/c1-4-6-10(5-2)14-11(15)12(3,13)9-7-8-9/h9-10H,4-8,13H2,1-3H3,(H,14,15). The van der Waals surface area contributed by atoms with Crippen LogP contribution in [0.3, 0.4) is 0 Å². The van der Waals surface area contributed by atoms with Crippen molar-refractivity contribution in [2.24, 2.45) is 11.7 Å². The molecule has 0 radical (unpaired) electrons. The lowest BCUT2D eigenvalue weighted by Gasteiger charge is -2.26. The Morgan fingerprint density at radius 1 is 1.53 bits per heavy atom. The van der Waals surface area contributed by atoms with E-state index in [0.29, 0.717) is 12.0 Å². The number of nitrogens with one attached hydrogen (secondary N) is 1. The van der Waals surface area contributed by atoms with Crippen LogP contribution in [0, 0.1) is 5.92 Å². The Kier molecular flexibility index (Phi) is 4.14. The van der Waals surface area contributed by atoms with Gasteiger partial charge in [0.15, 0.2) is 0 Å². The van der Waals surface area contributed by atoms with Crippen molar-refractivity contribution in [3.05, 3.63) is 0 Å². The van der Waals surface area contributed by atoms with Crippen molar-refractivity contribution < 1.29 is 4.79 Å². The molecule has 1 aliphatic rings. The van der Waals surface area contributed by atoms with Crippen LogP contribution in [0.15, 0.2) is 0 Å². The van der Waals surface area contributed by atoms with Crippen LogP contribution >= 0.6 is 0 Å². The molecule has 3 heteroatoms. The van der Waals surface area contributed by atoms with Gasteiger partial charge in [0.05, 0.1) is 5.54 Å². The molecule has 0 aromatic heterocycles. The molecule has 3 nitrogen and oxygen atoms in total. The topological polar surface area (TPSA) is 55.1 Å². The van der Waals surface area contributed by atoms with Crippen LogP contribution in [0.25, 0.3) is 0 Å². The highest BCUT2D eigenvalue weighted by molar-refractivity contribution is 5.86. The first-order valence-electron chi connectivity index (χ1n) is 6.12. The van der Waals surface area contributed by atoms with Crippen molar-refractivity contribution in [1.82, 2.24) is 5.32 Å². The van der Waals surface area contributed by atoms with Crippen LogP contribution in [0.2, 0.25) is 0 Å². The Balaban J connectivity index is 2.45. The molecule has 0 spiro atoms. The Morgan fingerprint density at radius 3 is 2.53 bits per heavy atom. The van der Waals surface area contributed by atoms with Gasteiger partial charge in [-0.2, -0.15) is 0 Å². The van der Waals surface area contributed by atoms with E-state index in [-0.39, 0.29) is 5.91 Å². The Labute approximate surface area is 92.8 Å². The fourth-order valence-corrected chi connectivity index (χ4v) is 1.94. The summed E-state index contributed by atoms with van der Waals surface area (Å²) in [5.41, 5.74) is 5.40. The highest BCUT2D eigenvalue weighted by atomic mass is 16.2. The maximum absolute atomic E-state index is 12.0. The summed E-state index contributed by atoms with van der Waals surface area (Å²) in [5, 5.41) is 3.07. The molecule has 1 amide bonds. The van der Waals surface area contributed by atoms with E-state index >= 15 is 0 Å². The first kappa shape index (κ1) is 12.5. The summed E-state index contributed by atoms with van der Waals surface area (Å²) in [6.07, 6.45) is 5.34. The van der Waals surface area contributed by atoms with Crippen molar-refractivity contribution >= 4 is 5.91 Å². The van der Waals surface area contributed by atoms with Gasteiger partial charge in [-0.25, -0.2) is 0 Å². The van der Waals surface area contributed by atoms with Crippen LogP contribution in [0.1, 0.15) is 52.9 Å². The van der Waals surface area contributed by atoms with E-state index in [9.17, 15) is 4.79 Å². The van der Waals surface area contributed by atoms with E-state index in [1.807, 2.05) is 6.92 Å². The van der Waals surface area contributed by atoms with Crippen molar-refractivity contribution in [2.75, 3.05) is 0 Å². The third-order valence-electron chi connectivity index (χ3n) is 3.38. The number of hydrogen-bond donors (Lipinski definition) is 2. The second-order valence-electron chi connectivity index (χ2n) is 4.92. The lowest BCUT2D eigenvalue weighted by atomic mass is 9.95. The molecule has 88 valence electrons. The first-order valence-corrected chi connectivity index (χ1v) is 6.12. The average Bonchev–Trinajstić information content (AvgIpc) is 3.00. The Morgan fingerprint density at radius 2 is 2.13 bits per heavy atom. The minimum Gasteiger partial charge on any atom is -0.352 e. The number of rotatable bonds is 6. The molecule has 3 N–H and O–H groups in total. The molecular formula is C12H24N2O. The molecule has 15 heavy (non-hydrogen) atoms. The van der Waals surface area contributed by atoms with Crippen LogP contribution in [0.4, 0.5) is 0 Å². The van der Waals surface area contributed by atoms with E-state index in [1.54, 1.807) is 0 Å². The molecule has 1 aliphatic carbocycles. The minimum absolute atomic E-state index is 0.0327. The van der Waals surface area contributed by atoms with Crippen LogP contribution in [-0.4, -0.2) is 17.5 Å². The predicted molar refractivity (Wildman–Crippen MR) is 62.4 cm³/mol. The molecule has 2 atom stereocenters. The van der Waals surface area contributed by atoms with E-state index in [4.69, 9.17) is 5.73 Å². The molecule has 0 saturated heterocycles. The van der Waals surface area contributed by atoms with Crippen LogP contribution in [-0.2, 0) is 4.79 Å². The van der Waals surface area contributed by atoms with Gasteiger partial charge in [0, 0.05) is 6.04 Å². The summed E-state index contributed by atoms with van der Waals surface area (Å²) in [5.74, 6) is 0.432. The minimum atomic E-state index is -0.652. The van der Waals surface area contributed by atoms with Crippen molar-refractivity contribution in [3.8, 4) is 0 Å². The van der Waals surface area contributed by atoms with Gasteiger partial charge in [-0.15, -0.1) is 0 Å². The number of amides is 1. The average molecular weight is 212 g/mol. The van der Waals surface area contributed by atoms with E-state index in [0.717, 1.165) is 32.1 Å². The Hall–Kier alpha value is -0.570. The van der Waals surface area contributed by atoms with Crippen molar-refractivity contribution in [2.45, 2.75) is 64.5 Å². The summed E-state index contributed by atoms with van der Waals surface area (Å²) in [7, 11) is 0. The van der Waals surface area contributed by atoms with Crippen molar-refractivity contribution in [1.29, 1.82) is 0 Å². The summed E-state index contributed by atoms with van der Waals surface area (Å²) >= 11 is 0. The largest absolute Gasteiger partial charge is 0.352 e. The second-order valence-corrected chi connectivity index (χ2v) is 4.92. The predicted octanol–water partition coefficient (Wildman–Crippen LogP) is 1.81. The smallest absolute Gasteiger partial charge is 0.240 e. The first-order chi connectivity index (χ1) is 7.02. The van der Waals surface area contributed by atoms with Gasteiger partial charge < -0.3 is 11.1 Å². The molecule has 2 unspecified atom stereocenters. The van der Waals surface area contributed by atoms with Gasteiger partial charge in [0.1, 0.15) is 0 Å². The fraction of sp³-hybridized carbons (Fsp3) is 0.917. The quantitative estimate of drug-likeness (QED) is 0.705. The molecule has 1 saturated carbocycles. The zero-order valence-corrected chi connectivity index (χ0v) is 10.2. The SMILES string of the molecule is CCCC(CC)NC(=O)C(C)(N)C1CC1. The van der Waals surface area contributed by atoms with E-state index in [2.05, 4.69) is 19.2 Å². The molecule has 0 bridgehead atoms. The van der Waals surface area contributed by atoms with Gasteiger partial charge in [0.2, 0.25) is 5.91 Å². The van der Waals surface area contributed by atoms with Gasteiger partial charge in [0.25, 0.3) is 0 Å². The second kappa shape index (κ2) is 4.97. The maximum Gasteiger partial charge on any atom is 0.240 e. The van der Waals surface area contributed by atoms with E-state index < -0.39 is 5.54 Å². The number of carbonyl (C=O) groups excluding carboxylic acids is 1. The number of nitrogens with two attached hydrogens (primary N) is 1. The molecule has 0 aromatic carbocycles. The summed E-state index contributed by atoms with van der Waals surface area (Å²) in [4.78, 5) is 12.0. The molecule has 1 fully saturated rings. The van der Waals surface area contributed by atoms with E-state index in [1.165, 1.54) is 0 Å². The highest BCUT2D eigenvalue weighted by Gasteiger charge is 2.44. The summed E-state index contributed by atoms with van der Waals surface area (Å²) in [6, 6.07) is 0.295. The maximum atomic E-state index is 12.0. The third kappa shape index (κ3) is 3.20. The monoisotopic (exact) mass is 212 g/mol. The summed E-state index contributed by atoms with van der Waals surface area (Å²) in [6.45, 7) is 6.10. The molecule has 0 heterocycles.